The van der Waals surface area contributed by atoms with E-state index in [4.69, 9.17) is 0 Å². The van der Waals surface area contributed by atoms with Gasteiger partial charge in [-0.1, -0.05) is 26.2 Å². The van der Waals surface area contributed by atoms with Gasteiger partial charge in [0.15, 0.2) is 0 Å². The number of hydrogen-bond acceptors (Lipinski definition) is 3. The minimum atomic E-state index is -3.65. The van der Waals surface area contributed by atoms with E-state index >= 15 is 0 Å². The maximum absolute atomic E-state index is 12.8. The summed E-state index contributed by atoms with van der Waals surface area (Å²) >= 11 is 0. The van der Waals surface area contributed by atoms with Crippen molar-refractivity contribution in [1.29, 1.82) is 0 Å². The molecule has 2 aliphatic heterocycles. The molecule has 0 aromatic heterocycles. The van der Waals surface area contributed by atoms with E-state index in [0.29, 0.717) is 32.0 Å². The number of piperidine rings is 1. The summed E-state index contributed by atoms with van der Waals surface area (Å²) in [5.74, 6) is -0.715. The van der Waals surface area contributed by atoms with Crippen molar-refractivity contribution in [1.82, 2.24) is 8.61 Å². The smallest absolute Gasteiger partial charge is 0.322 e. The predicted molar refractivity (Wildman–Crippen MR) is 80.1 cm³/mol. The Balaban J connectivity index is 2.18. The minimum Gasteiger partial charge on any atom is -0.480 e. The molecular formula is C14H26N2O4S. The van der Waals surface area contributed by atoms with Crippen LogP contribution in [0.25, 0.3) is 0 Å². The Bertz CT molecular complexity index is 458. The highest BCUT2D eigenvalue weighted by Gasteiger charge is 2.42. The first-order valence-corrected chi connectivity index (χ1v) is 9.36. The van der Waals surface area contributed by atoms with Gasteiger partial charge in [0.25, 0.3) is 10.2 Å². The molecule has 2 aliphatic rings. The third-order valence-corrected chi connectivity index (χ3v) is 6.76. The van der Waals surface area contributed by atoms with E-state index in [1.807, 2.05) is 6.92 Å². The molecule has 2 heterocycles. The molecule has 0 aromatic carbocycles. The molecule has 0 aromatic rings. The number of nitrogens with zero attached hydrogens (tertiary/aromatic N) is 2. The summed E-state index contributed by atoms with van der Waals surface area (Å²) in [5, 5.41) is 9.41. The van der Waals surface area contributed by atoms with Gasteiger partial charge in [0.2, 0.25) is 0 Å². The van der Waals surface area contributed by atoms with E-state index < -0.39 is 22.2 Å². The van der Waals surface area contributed by atoms with Gasteiger partial charge in [-0.2, -0.15) is 17.0 Å². The number of carbonyl (C=O) groups is 1. The minimum absolute atomic E-state index is 0.307. The lowest BCUT2D eigenvalue weighted by Crippen LogP contribution is -2.54. The van der Waals surface area contributed by atoms with Crippen molar-refractivity contribution >= 4 is 16.2 Å². The molecule has 2 unspecified atom stereocenters. The molecule has 2 rings (SSSR count). The molecule has 21 heavy (non-hydrogen) atoms. The van der Waals surface area contributed by atoms with Crippen LogP contribution < -0.4 is 0 Å². The van der Waals surface area contributed by atoms with Gasteiger partial charge in [-0.05, 0) is 31.6 Å². The molecule has 2 saturated heterocycles. The van der Waals surface area contributed by atoms with Crippen molar-refractivity contribution < 1.29 is 18.3 Å². The quantitative estimate of drug-likeness (QED) is 0.855. The van der Waals surface area contributed by atoms with Crippen molar-refractivity contribution in [3.8, 4) is 0 Å². The van der Waals surface area contributed by atoms with Crippen molar-refractivity contribution in [2.75, 3.05) is 19.6 Å². The Labute approximate surface area is 127 Å². The molecule has 6 nitrogen and oxygen atoms in total. The number of rotatable bonds is 4. The molecule has 0 amide bonds. The van der Waals surface area contributed by atoms with Gasteiger partial charge < -0.3 is 5.11 Å². The second kappa shape index (κ2) is 7.07. The summed E-state index contributed by atoms with van der Waals surface area (Å²) < 4.78 is 28.3. The fourth-order valence-electron chi connectivity index (χ4n) is 3.31. The summed E-state index contributed by atoms with van der Waals surface area (Å²) in [4.78, 5) is 11.5. The molecule has 0 bridgehead atoms. The van der Waals surface area contributed by atoms with Crippen LogP contribution in [0, 0.1) is 5.92 Å². The number of carboxylic acids is 1. The van der Waals surface area contributed by atoms with Gasteiger partial charge in [0, 0.05) is 19.6 Å². The SMILES string of the molecule is CCC1CCN(S(=O)(=O)N2CCCCCC2)C(C(=O)O)C1. The third kappa shape index (κ3) is 3.76. The first kappa shape index (κ1) is 16.7. The van der Waals surface area contributed by atoms with E-state index in [-0.39, 0.29) is 0 Å². The van der Waals surface area contributed by atoms with Crippen LogP contribution in [0.1, 0.15) is 51.9 Å². The highest BCUT2D eigenvalue weighted by atomic mass is 32.2. The van der Waals surface area contributed by atoms with Crippen molar-refractivity contribution in [3.05, 3.63) is 0 Å². The van der Waals surface area contributed by atoms with Crippen LogP contribution in [0.15, 0.2) is 0 Å². The Morgan fingerprint density at radius 3 is 2.29 bits per heavy atom. The molecule has 2 atom stereocenters. The number of hydrogen-bond donors (Lipinski definition) is 1. The maximum atomic E-state index is 12.8. The van der Waals surface area contributed by atoms with Gasteiger partial charge in [-0.3, -0.25) is 4.79 Å². The normalized spacial score (nSPS) is 30.0. The molecule has 122 valence electrons. The molecule has 0 radical (unpaired) electrons. The van der Waals surface area contributed by atoms with Gasteiger partial charge in [-0.15, -0.1) is 0 Å². The number of carboxylic acid groups (broad SMARTS) is 1. The lowest BCUT2D eigenvalue weighted by Gasteiger charge is -2.38. The van der Waals surface area contributed by atoms with Crippen molar-refractivity contribution in [3.63, 3.8) is 0 Å². The zero-order valence-corrected chi connectivity index (χ0v) is 13.5. The first-order chi connectivity index (χ1) is 9.96. The molecule has 2 fully saturated rings. The zero-order valence-electron chi connectivity index (χ0n) is 12.7. The Kier molecular flexibility index (Phi) is 5.62. The van der Waals surface area contributed by atoms with E-state index in [2.05, 4.69) is 0 Å². The maximum Gasteiger partial charge on any atom is 0.322 e. The summed E-state index contributed by atoms with van der Waals surface area (Å²) in [6, 6.07) is -0.906. The monoisotopic (exact) mass is 318 g/mol. The van der Waals surface area contributed by atoms with Crippen molar-refractivity contribution in [2.45, 2.75) is 57.9 Å². The molecule has 1 N–H and O–H groups in total. The topological polar surface area (TPSA) is 77.9 Å². The first-order valence-electron chi connectivity index (χ1n) is 7.96. The van der Waals surface area contributed by atoms with Crippen LogP contribution in [0.5, 0.6) is 0 Å². The van der Waals surface area contributed by atoms with Gasteiger partial charge in [-0.25, -0.2) is 0 Å². The third-order valence-electron chi connectivity index (χ3n) is 4.71. The van der Waals surface area contributed by atoms with Crippen LogP contribution >= 0.6 is 0 Å². The Hall–Kier alpha value is -0.660. The van der Waals surface area contributed by atoms with E-state index in [0.717, 1.165) is 38.5 Å². The highest BCUT2D eigenvalue weighted by molar-refractivity contribution is 7.86. The molecule has 0 saturated carbocycles. The fourth-order valence-corrected chi connectivity index (χ4v) is 5.16. The zero-order chi connectivity index (χ0) is 15.5. The average Bonchev–Trinajstić information content (AvgIpc) is 2.76. The average molecular weight is 318 g/mol. The lowest BCUT2D eigenvalue weighted by molar-refractivity contribution is -0.143. The predicted octanol–water partition coefficient (Wildman–Crippen LogP) is 1.68. The summed E-state index contributed by atoms with van der Waals surface area (Å²) in [5.41, 5.74) is 0. The van der Waals surface area contributed by atoms with Crippen LogP contribution in [-0.4, -0.2) is 53.8 Å². The van der Waals surface area contributed by atoms with E-state index in [1.54, 1.807) is 0 Å². The standard InChI is InChI=1S/C14H26N2O4S/c1-2-12-7-10-16(13(11-12)14(17)18)21(19,20)15-8-5-3-4-6-9-15/h12-13H,2-11H2,1H3,(H,17,18). The summed E-state index contributed by atoms with van der Waals surface area (Å²) in [7, 11) is -3.65. The van der Waals surface area contributed by atoms with Crippen LogP contribution in [0.2, 0.25) is 0 Å². The molecule has 7 heteroatoms. The Morgan fingerprint density at radius 1 is 1.14 bits per heavy atom. The van der Waals surface area contributed by atoms with Gasteiger partial charge >= 0.3 is 5.97 Å². The summed E-state index contributed by atoms with van der Waals surface area (Å²) in [6.45, 7) is 3.39. The van der Waals surface area contributed by atoms with Crippen LogP contribution in [-0.2, 0) is 15.0 Å². The second-order valence-corrected chi connectivity index (χ2v) is 7.97. The molecular weight excluding hydrogens is 292 g/mol. The molecule has 0 aliphatic carbocycles. The number of aliphatic carboxylic acids is 1. The largest absolute Gasteiger partial charge is 0.480 e. The lowest BCUT2D eigenvalue weighted by atomic mass is 9.90. The molecule has 0 spiro atoms. The van der Waals surface area contributed by atoms with E-state index in [1.165, 1.54) is 8.61 Å². The highest BCUT2D eigenvalue weighted by Crippen LogP contribution is 2.29. The van der Waals surface area contributed by atoms with Crippen LogP contribution in [0.3, 0.4) is 0 Å². The summed E-state index contributed by atoms with van der Waals surface area (Å²) in [6.07, 6.45) is 5.91. The van der Waals surface area contributed by atoms with Crippen LogP contribution in [0.4, 0.5) is 0 Å². The fraction of sp³-hybridized carbons (Fsp3) is 0.929. The van der Waals surface area contributed by atoms with Gasteiger partial charge in [0.05, 0.1) is 0 Å². The van der Waals surface area contributed by atoms with Crippen molar-refractivity contribution in [2.24, 2.45) is 5.92 Å². The van der Waals surface area contributed by atoms with E-state index in [9.17, 15) is 18.3 Å². The van der Waals surface area contributed by atoms with Gasteiger partial charge in [0.1, 0.15) is 6.04 Å². The Morgan fingerprint density at radius 2 is 1.76 bits per heavy atom. The second-order valence-electron chi connectivity index (χ2n) is 6.08.